The lowest BCUT2D eigenvalue weighted by Gasteiger charge is -2.27. The number of carbonyl (C=O) groups excluding carboxylic acids is 1. The second-order valence-corrected chi connectivity index (χ2v) is 11.7. The highest BCUT2D eigenvalue weighted by Gasteiger charge is 2.42. The molecule has 3 aromatic carbocycles. The number of benzene rings is 3. The number of sulfonamides is 1. The van der Waals surface area contributed by atoms with Crippen molar-refractivity contribution in [2.75, 3.05) is 13.7 Å². The SMILES string of the molecule is COc1cc(F)cc(-c2ccc([C@H](NS(=O)(=O)c3cc(Cl)cc(Cl)c3)[C@H](C(=O)O)C(=O)C3CCCN3)cc2)c1. The lowest BCUT2D eigenvalue weighted by Crippen LogP contribution is -2.46. The number of methoxy groups -OCH3 is 1. The number of nitrogens with one attached hydrogen (secondary N) is 2. The van der Waals surface area contributed by atoms with Crippen molar-refractivity contribution in [1.29, 1.82) is 0 Å². The van der Waals surface area contributed by atoms with E-state index in [0.717, 1.165) is 0 Å². The highest BCUT2D eigenvalue weighted by Crippen LogP contribution is 2.32. The van der Waals surface area contributed by atoms with E-state index in [9.17, 15) is 27.5 Å². The predicted octanol–water partition coefficient (Wildman–Crippen LogP) is 4.85. The van der Waals surface area contributed by atoms with E-state index in [4.69, 9.17) is 27.9 Å². The zero-order valence-corrected chi connectivity index (χ0v) is 23.0. The number of carboxylic acids is 1. The molecule has 0 radical (unpaired) electrons. The normalized spacial score (nSPS) is 17.0. The van der Waals surface area contributed by atoms with Gasteiger partial charge in [0.15, 0.2) is 5.78 Å². The van der Waals surface area contributed by atoms with Gasteiger partial charge in [0.1, 0.15) is 17.5 Å². The van der Waals surface area contributed by atoms with Gasteiger partial charge in [-0.1, -0.05) is 47.5 Å². The Morgan fingerprint density at radius 2 is 1.72 bits per heavy atom. The van der Waals surface area contributed by atoms with Gasteiger partial charge in [0.2, 0.25) is 10.0 Å². The Morgan fingerprint density at radius 3 is 2.28 bits per heavy atom. The number of ketones is 1. The zero-order valence-electron chi connectivity index (χ0n) is 20.7. The van der Waals surface area contributed by atoms with E-state index in [-0.39, 0.29) is 20.5 Å². The maximum atomic E-state index is 14.1. The highest BCUT2D eigenvalue weighted by atomic mass is 35.5. The number of Topliss-reactive ketones (excluding diaryl/α,β-unsaturated/α-hetero) is 1. The van der Waals surface area contributed by atoms with Crippen LogP contribution in [0.1, 0.15) is 24.4 Å². The van der Waals surface area contributed by atoms with Gasteiger partial charge >= 0.3 is 5.97 Å². The number of carbonyl (C=O) groups is 2. The van der Waals surface area contributed by atoms with Crippen molar-refractivity contribution in [2.45, 2.75) is 29.8 Å². The molecule has 4 rings (SSSR count). The molecule has 0 aromatic heterocycles. The van der Waals surface area contributed by atoms with Crippen LogP contribution in [0.25, 0.3) is 11.1 Å². The first-order chi connectivity index (χ1) is 18.5. The van der Waals surface area contributed by atoms with Gasteiger partial charge < -0.3 is 15.2 Å². The quantitative estimate of drug-likeness (QED) is 0.287. The molecule has 3 aromatic rings. The van der Waals surface area contributed by atoms with Crippen LogP contribution in [0.2, 0.25) is 10.0 Å². The average Bonchev–Trinajstić information content (AvgIpc) is 3.42. The fraction of sp³-hybridized carbons (Fsp3) is 0.259. The maximum absolute atomic E-state index is 14.1. The largest absolute Gasteiger partial charge is 0.497 e. The minimum Gasteiger partial charge on any atom is -0.497 e. The van der Waals surface area contributed by atoms with E-state index >= 15 is 0 Å². The van der Waals surface area contributed by atoms with Crippen molar-refractivity contribution >= 4 is 45.0 Å². The smallest absolute Gasteiger partial charge is 0.316 e. The molecule has 0 amide bonds. The fourth-order valence-corrected chi connectivity index (χ4v) is 6.51. The minimum atomic E-state index is -4.39. The molecule has 1 saturated heterocycles. The number of ether oxygens (including phenoxy) is 1. The van der Waals surface area contributed by atoms with Crippen LogP contribution in [0, 0.1) is 11.7 Å². The summed E-state index contributed by atoms with van der Waals surface area (Å²) in [5.74, 6) is -4.08. The third-order valence-corrected chi connectivity index (χ3v) is 8.31. The van der Waals surface area contributed by atoms with Crippen LogP contribution < -0.4 is 14.8 Å². The second-order valence-electron chi connectivity index (χ2n) is 9.07. The van der Waals surface area contributed by atoms with Crippen molar-refractivity contribution < 1.29 is 32.2 Å². The van der Waals surface area contributed by atoms with Gasteiger partial charge in [0, 0.05) is 16.1 Å². The van der Waals surface area contributed by atoms with Crippen molar-refractivity contribution in [3.8, 4) is 16.9 Å². The highest BCUT2D eigenvalue weighted by molar-refractivity contribution is 7.89. The Labute approximate surface area is 235 Å². The summed E-state index contributed by atoms with van der Waals surface area (Å²) in [6.07, 6.45) is 1.12. The molecule has 3 N–H and O–H groups in total. The topological polar surface area (TPSA) is 122 Å². The van der Waals surface area contributed by atoms with Crippen LogP contribution in [-0.4, -0.2) is 45.0 Å². The van der Waals surface area contributed by atoms with Crippen molar-refractivity contribution in [3.63, 3.8) is 0 Å². The number of hydrogen-bond donors (Lipinski definition) is 3. The molecule has 1 aliphatic rings. The van der Waals surface area contributed by atoms with E-state index in [1.807, 2.05) is 0 Å². The number of rotatable bonds is 10. The Hall–Kier alpha value is -3.02. The summed E-state index contributed by atoms with van der Waals surface area (Å²) in [4.78, 5) is 25.5. The summed E-state index contributed by atoms with van der Waals surface area (Å²) in [5.41, 5.74) is 1.28. The van der Waals surface area contributed by atoms with E-state index in [1.165, 1.54) is 49.6 Å². The Kier molecular flexibility index (Phi) is 8.93. The van der Waals surface area contributed by atoms with Gasteiger partial charge in [0.05, 0.1) is 24.1 Å². The molecular weight excluding hydrogens is 570 g/mol. The van der Waals surface area contributed by atoms with Gasteiger partial charge in [-0.15, -0.1) is 0 Å². The lowest BCUT2D eigenvalue weighted by molar-refractivity contribution is -0.148. The summed E-state index contributed by atoms with van der Waals surface area (Å²) in [7, 11) is -2.98. The second kappa shape index (κ2) is 12.0. The summed E-state index contributed by atoms with van der Waals surface area (Å²) in [6.45, 7) is 0.548. The van der Waals surface area contributed by atoms with E-state index in [2.05, 4.69) is 10.0 Å². The molecule has 206 valence electrons. The van der Waals surface area contributed by atoms with Crippen LogP contribution in [0.5, 0.6) is 5.75 Å². The number of halogens is 3. The van der Waals surface area contributed by atoms with E-state index in [1.54, 1.807) is 18.2 Å². The monoisotopic (exact) mass is 594 g/mol. The number of hydrogen-bond acceptors (Lipinski definition) is 6. The van der Waals surface area contributed by atoms with Crippen LogP contribution in [0.3, 0.4) is 0 Å². The van der Waals surface area contributed by atoms with Crippen LogP contribution in [0.15, 0.2) is 65.6 Å². The van der Waals surface area contributed by atoms with Gasteiger partial charge in [-0.25, -0.2) is 17.5 Å². The molecule has 1 heterocycles. The molecule has 39 heavy (non-hydrogen) atoms. The lowest BCUT2D eigenvalue weighted by atomic mass is 9.86. The third kappa shape index (κ3) is 6.77. The van der Waals surface area contributed by atoms with E-state index in [0.29, 0.717) is 36.3 Å². The standard InChI is InChI=1S/C27H25Cl2FN2O6S/c1-38-21-10-17(9-20(30)14-21)15-4-6-16(7-5-15)25(24(27(34)35)26(33)23-3-2-8-31-23)32-39(36,37)22-12-18(28)11-19(29)13-22/h4-7,9-14,23-25,31-32H,2-3,8H2,1H3,(H,34,35)/t23?,24-,25-/m0/s1. The molecule has 0 spiro atoms. The van der Waals surface area contributed by atoms with E-state index < -0.39 is 45.6 Å². The molecule has 3 atom stereocenters. The number of aliphatic carboxylic acids is 1. The molecule has 0 aliphatic carbocycles. The molecule has 1 aliphatic heterocycles. The van der Waals surface area contributed by atoms with Crippen molar-refractivity contribution in [3.05, 3.63) is 82.1 Å². The van der Waals surface area contributed by atoms with Gasteiger partial charge in [-0.05, 0) is 66.4 Å². The number of carboxylic acid groups (broad SMARTS) is 1. The third-order valence-electron chi connectivity index (χ3n) is 6.45. The Bertz CT molecular complexity index is 1470. The molecule has 1 unspecified atom stereocenters. The molecule has 8 nitrogen and oxygen atoms in total. The summed E-state index contributed by atoms with van der Waals surface area (Å²) >= 11 is 12.0. The van der Waals surface area contributed by atoms with Crippen molar-refractivity contribution in [2.24, 2.45) is 5.92 Å². The average molecular weight is 595 g/mol. The van der Waals surface area contributed by atoms with Crippen LogP contribution in [-0.2, 0) is 19.6 Å². The maximum Gasteiger partial charge on any atom is 0.316 e. The van der Waals surface area contributed by atoms with Gasteiger partial charge in [-0.3, -0.25) is 9.59 Å². The fourth-order valence-electron chi connectivity index (χ4n) is 4.55. The first-order valence-corrected chi connectivity index (χ1v) is 14.2. The van der Waals surface area contributed by atoms with Crippen molar-refractivity contribution in [1.82, 2.24) is 10.0 Å². The van der Waals surface area contributed by atoms with Gasteiger partial charge in [0.25, 0.3) is 0 Å². The Morgan fingerprint density at radius 1 is 1.05 bits per heavy atom. The molecule has 1 fully saturated rings. The first-order valence-electron chi connectivity index (χ1n) is 11.9. The molecule has 0 bridgehead atoms. The molecular formula is C27H25Cl2FN2O6S. The first kappa shape index (κ1) is 29.0. The summed E-state index contributed by atoms with van der Waals surface area (Å²) < 4.78 is 48.3. The zero-order chi connectivity index (χ0) is 28.3. The van der Waals surface area contributed by atoms with Crippen LogP contribution in [0.4, 0.5) is 4.39 Å². The summed E-state index contributed by atoms with van der Waals surface area (Å²) in [6, 6.07) is 11.8. The Balaban J connectivity index is 1.77. The predicted molar refractivity (Wildman–Crippen MR) is 145 cm³/mol. The van der Waals surface area contributed by atoms with Crippen LogP contribution >= 0.6 is 23.2 Å². The summed E-state index contributed by atoms with van der Waals surface area (Å²) in [5, 5.41) is 13.2. The van der Waals surface area contributed by atoms with Gasteiger partial charge in [-0.2, -0.15) is 0 Å². The molecule has 12 heteroatoms. The molecule has 0 saturated carbocycles. The minimum absolute atomic E-state index is 0.0651.